The Morgan fingerprint density at radius 2 is 2.21 bits per heavy atom. The van der Waals surface area contributed by atoms with Gasteiger partial charge in [-0.05, 0) is 34.0 Å². The van der Waals surface area contributed by atoms with Crippen molar-refractivity contribution in [1.82, 2.24) is 5.16 Å². The predicted molar refractivity (Wildman–Crippen MR) is 72.6 cm³/mol. The number of rotatable bonds is 3. The van der Waals surface area contributed by atoms with E-state index < -0.39 is 11.7 Å². The smallest absolute Gasteiger partial charge is 0.259 e. The zero-order valence-electron chi connectivity index (χ0n) is 10.4. The normalized spacial score (nSPS) is 10.8. The fourth-order valence-electron chi connectivity index (χ4n) is 1.48. The molecule has 19 heavy (non-hydrogen) atoms. The molecule has 1 N–H and O–H groups in total. The zero-order chi connectivity index (χ0) is 14.0. The summed E-state index contributed by atoms with van der Waals surface area (Å²) in [6.07, 6.45) is 0. The van der Waals surface area contributed by atoms with Gasteiger partial charge >= 0.3 is 0 Å². The standard InChI is InChI=1S/C13H12BrFN2O2/c1-7(2)10-6-11(19-17-10)16-13(18)8-4-3-5-9(15)12(8)14/h3-7H,1-2H3,(H,16,18). The van der Waals surface area contributed by atoms with Gasteiger partial charge < -0.3 is 4.52 Å². The summed E-state index contributed by atoms with van der Waals surface area (Å²) in [5.41, 5.74) is 0.941. The molecule has 1 amide bonds. The second-order valence-electron chi connectivity index (χ2n) is 4.33. The van der Waals surface area contributed by atoms with Crippen molar-refractivity contribution < 1.29 is 13.7 Å². The molecule has 0 fully saturated rings. The van der Waals surface area contributed by atoms with E-state index in [-0.39, 0.29) is 21.8 Å². The molecule has 6 heteroatoms. The summed E-state index contributed by atoms with van der Waals surface area (Å²) >= 11 is 3.04. The summed E-state index contributed by atoms with van der Waals surface area (Å²) in [7, 11) is 0. The first-order valence-electron chi connectivity index (χ1n) is 5.71. The van der Waals surface area contributed by atoms with Crippen LogP contribution in [-0.4, -0.2) is 11.1 Å². The lowest BCUT2D eigenvalue weighted by Crippen LogP contribution is -2.12. The number of amides is 1. The average molecular weight is 327 g/mol. The lowest BCUT2D eigenvalue weighted by molar-refractivity contribution is 0.102. The first kappa shape index (κ1) is 13.7. The van der Waals surface area contributed by atoms with Crippen molar-refractivity contribution in [3.05, 3.63) is 45.8 Å². The van der Waals surface area contributed by atoms with Crippen molar-refractivity contribution >= 4 is 27.7 Å². The molecule has 1 aromatic heterocycles. The van der Waals surface area contributed by atoms with Crippen LogP contribution >= 0.6 is 15.9 Å². The van der Waals surface area contributed by atoms with Crippen LogP contribution in [0.1, 0.15) is 35.8 Å². The number of hydrogen-bond donors (Lipinski definition) is 1. The van der Waals surface area contributed by atoms with E-state index in [0.717, 1.165) is 5.69 Å². The highest BCUT2D eigenvalue weighted by Crippen LogP contribution is 2.22. The third-order valence-corrected chi connectivity index (χ3v) is 3.36. The Hall–Kier alpha value is -1.69. The molecule has 1 aromatic carbocycles. The highest BCUT2D eigenvalue weighted by atomic mass is 79.9. The van der Waals surface area contributed by atoms with Gasteiger partial charge in [-0.2, -0.15) is 0 Å². The van der Waals surface area contributed by atoms with E-state index in [4.69, 9.17) is 4.52 Å². The first-order chi connectivity index (χ1) is 8.99. The number of halogens is 2. The minimum Gasteiger partial charge on any atom is -0.338 e. The molecule has 0 aliphatic carbocycles. The minimum atomic E-state index is -0.493. The number of benzene rings is 1. The highest BCUT2D eigenvalue weighted by Gasteiger charge is 2.15. The third kappa shape index (κ3) is 3.01. The van der Waals surface area contributed by atoms with Gasteiger partial charge in [0.25, 0.3) is 5.91 Å². The number of carbonyl (C=O) groups is 1. The Morgan fingerprint density at radius 1 is 1.47 bits per heavy atom. The van der Waals surface area contributed by atoms with E-state index in [1.165, 1.54) is 18.2 Å². The first-order valence-corrected chi connectivity index (χ1v) is 6.50. The Labute approximate surface area is 118 Å². The van der Waals surface area contributed by atoms with E-state index in [1.54, 1.807) is 6.07 Å². The summed E-state index contributed by atoms with van der Waals surface area (Å²) in [5, 5.41) is 6.36. The lowest BCUT2D eigenvalue weighted by atomic mass is 10.1. The highest BCUT2D eigenvalue weighted by molar-refractivity contribution is 9.10. The molecular formula is C13H12BrFN2O2. The molecule has 0 aliphatic heterocycles. The Balaban J connectivity index is 2.18. The summed E-state index contributed by atoms with van der Waals surface area (Å²) in [5.74, 6) is -0.508. The molecule has 0 saturated heterocycles. The van der Waals surface area contributed by atoms with Gasteiger partial charge in [0, 0.05) is 6.07 Å². The number of hydrogen-bond acceptors (Lipinski definition) is 3. The largest absolute Gasteiger partial charge is 0.338 e. The van der Waals surface area contributed by atoms with Crippen LogP contribution in [0.15, 0.2) is 33.3 Å². The van der Waals surface area contributed by atoms with Crippen molar-refractivity contribution in [2.24, 2.45) is 0 Å². The van der Waals surface area contributed by atoms with Crippen molar-refractivity contribution in [3.63, 3.8) is 0 Å². The van der Waals surface area contributed by atoms with Crippen molar-refractivity contribution in [2.45, 2.75) is 19.8 Å². The second-order valence-corrected chi connectivity index (χ2v) is 5.12. The van der Waals surface area contributed by atoms with Gasteiger partial charge in [0.2, 0.25) is 5.88 Å². The fourth-order valence-corrected chi connectivity index (χ4v) is 1.92. The Morgan fingerprint density at radius 3 is 2.84 bits per heavy atom. The molecule has 4 nitrogen and oxygen atoms in total. The van der Waals surface area contributed by atoms with Gasteiger partial charge in [-0.15, -0.1) is 0 Å². The van der Waals surface area contributed by atoms with Gasteiger partial charge in [-0.1, -0.05) is 25.1 Å². The molecule has 0 bridgehead atoms. The number of nitrogens with one attached hydrogen (secondary N) is 1. The third-order valence-electron chi connectivity index (χ3n) is 2.55. The Kier molecular flexibility index (Phi) is 3.99. The topological polar surface area (TPSA) is 55.1 Å². The van der Waals surface area contributed by atoms with E-state index in [2.05, 4.69) is 26.4 Å². The molecule has 2 rings (SSSR count). The molecule has 0 unspecified atom stereocenters. The summed E-state index contributed by atoms with van der Waals surface area (Å²) < 4.78 is 18.4. The van der Waals surface area contributed by atoms with Crippen molar-refractivity contribution in [2.75, 3.05) is 5.32 Å². The molecule has 2 aromatic rings. The van der Waals surface area contributed by atoms with Crippen LogP contribution in [0.4, 0.5) is 10.3 Å². The van der Waals surface area contributed by atoms with Crippen molar-refractivity contribution in [1.29, 1.82) is 0 Å². The second kappa shape index (κ2) is 5.52. The molecule has 0 atom stereocenters. The SMILES string of the molecule is CC(C)c1cc(NC(=O)c2cccc(F)c2Br)on1. The molecule has 100 valence electrons. The van der Waals surface area contributed by atoms with Crippen LogP contribution in [0.2, 0.25) is 0 Å². The van der Waals surface area contributed by atoms with Gasteiger partial charge in [0.1, 0.15) is 5.82 Å². The summed E-state index contributed by atoms with van der Waals surface area (Å²) in [4.78, 5) is 12.0. The number of nitrogens with zero attached hydrogens (tertiary/aromatic N) is 1. The quantitative estimate of drug-likeness (QED) is 0.929. The van der Waals surface area contributed by atoms with Crippen molar-refractivity contribution in [3.8, 4) is 0 Å². The molecule has 0 spiro atoms. The van der Waals surface area contributed by atoms with Crippen LogP contribution in [0.25, 0.3) is 0 Å². The summed E-state index contributed by atoms with van der Waals surface area (Å²) in [6, 6.07) is 5.90. The maximum absolute atomic E-state index is 13.3. The van der Waals surface area contributed by atoms with Crippen LogP contribution in [0.3, 0.4) is 0 Å². The molecular weight excluding hydrogens is 315 g/mol. The maximum Gasteiger partial charge on any atom is 0.259 e. The molecule has 0 radical (unpaired) electrons. The fraction of sp³-hybridized carbons (Fsp3) is 0.231. The number of aromatic nitrogens is 1. The van der Waals surface area contributed by atoms with Crippen LogP contribution in [0.5, 0.6) is 0 Å². The number of anilines is 1. The predicted octanol–water partition coefficient (Wildman–Crippen LogP) is 3.95. The Bertz CT molecular complexity index is 610. The van der Waals surface area contributed by atoms with E-state index in [9.17, 15) is 9.18 Å². The van der Waals surface area contributed by atoms with E-state index in [1.807, 2.05) is 13.8 Å². The number of carbonyl (C=O) groups excluding carboxylic acids is 1. The van der Waals surface area contributed by atoms with Gasteiger partial charge in [-0.3, -0.25) is 10.1 Å². The molecule has 1 heterocycles. The zero-order valence-corrected chi connectivity index (χ0v) is 12.0. The van der Waals surface area contributed by atoms with Crippen LogP contribution < -0.4 is 5.32 Å². The molecule has 0 saturated carbocycles. The van der Waals surface area contributed by atoms with Gasteiger partial charge in [0.15, 0.2) is 0 Å². The van der Waals surface area contributed by atoms with Crippen LogP contribution in [-0.2, 0) is 0 Å². The van der Waals surface area contributed by atoms with E-state index in [0.29, 0.717) is 0 Å². The lowest BCUT2D eigenvalue weighted by Gasteiger charge is -2.04. The van der Waals surface area contributed by atoms with Crippen LogP contribution in [0, 0.1) is 5.82 Å². The molecule has 0 aliphatic rings. The van der Waals surface area contributed by atoms with Gasteiger partial charge in [-0.25, -0.2) is 4.39 Å². The monoisotopic (exact) mass is 326 g/mol. The minimum absolute atomic E-state index is 0.121. The maximum atomic E-state index is 13.3. The van der Waals surface area contributed by atoms with E-state index >= 15 is 0 Å². The van der Waals surface area contributed by atoms with Gasteiger partial charge in [0.05, 0.1) is 15.7 Å². The summed E-state index contributed by atoms with van der Waals surface area (Å²) in [6.45, 7) is 3.93. The average Bonchev–Trinajstić information content (AvgIpc) is 2.81.